The van der Waals surface area contributed by atoms with Gasteiger partial charge in [-0.25, -0.2) is 0 Å². The number of hydrogen-bond donors (Lipinski definition) is 1. The number of nitrogens with two attached hydrogens (primary N) is 1. The largest absolute Gasteiger partial charge is 0.375 e. The fraction of sp³-hybridized carbons (Fsp3) is 0.500. The standard InChI is InChI=1S/C14H20N2O2.ClH/c1-11-10-16(7-8-18-11)14(17)13(15)9-12-5-3-2-4-6-12;/h2-6,11,13H,7-10,15H2,1H3;1H. The van der Waals surface area contributed by atoms with Gasteiger partial charge >= 0.3 is 0 Å². The minimum atomic E-state index is -0.460. The zero-order chi connectivity index (χ0) is 13.0. The summed E-state index contributed by atoms with van der Waals surface area (Å²) in [5, 5.41) is 0. The molecule has 0 saturated carbocycles. The number of nitrogens with zero attached hydrogens (tertiary/aromatic N) is 1. The van der Waals surface area contributed by atoms with Crippen molar-refractivity contribution in [3.63, 3.8) is 0 Å². The number of carbonyl (C=O) groups excluding carboxylic acids is 1. The minimum absolute atomic E-state index is 0. The Balaban J connectivity index is 0.00000180. The molecule has 2 unspecified atom stereocenters. The second-order valence-electron chi connectivity index (χ2n) is 4.76. The zero-order valence-electron chi connectivity index (χ0n) is 11.1. The molecule has 1 fully saturated rings. The number of carbonyl (C=O) groups is 1. The van der Waals surface area contributed by atoms with Gasteiger partial charge in [0.15, 0.2) is 0 Å². The first-order valence-corrected chi connectivity index (χ1v) is 6.36. The van der Waals surface area contributed by atoms with Crippen molar-refractivity contribution in [2.24, 2.45) is 5.73 Å². The van der Waals surface area contributed by atoms with Gasteiger partial charge in [-0.1, -0.05) is 30.3 Å². The number of amides is 1. The van der Waals surface area contributed by atoms with Crippen molar-refractivity contribution in [3.05, 3.63) is 35.9 Å². The Hall–Kier alpha value is -1.10. The number of benzene rings is 1. The maximum atomic E-state index is 12.2. The van der Waals surface area contributed by atoms with Crippen molar-refractivity contribution in [2.45, 2.75) is 25.5 Å². The van der Waals surface area contributed by atoms with Crippen LogP contribution in [0.4, 0.5) is 0 Å². The third-order valence-corrected chi connectivity index (χ3v) is 3.17. The summed E-state index contributed by atoms with van der Waals surface area (Å²) in [6, 6.07) is 9.41. The molecule has 0 bridgehead atoms. The molecule has 19 heavy (non-hydrogen) atoms. The van der Waals surface area contributed by atoms with Gasteiger partial charge in [0.2, 0.25) is 5.91 Å². The molecule has 4 nitrogen and oxygen atoms in total. The molecule has 2 atom stereocenters. The van der Waals surface area contributed by atoms with Gasteiger partial charge in [0.1, 0.15) is 0 Å². The molecule has 0 aliphatic carbocycles. The Kier molecular flexibility index (Phi) is 6.28. The first-order chi connectivity index (χ1) is 8.66. The molecule has 0 radical (unpaired) electrons. The van der Waals surface area contributed by atoms with Gasteiger partial charge < -0.3 is 15.4 Å². The lowest BCUT2D eigenvalue weighted by molar-refractivity contribution is -0.139. The van der Waals surface area contributed by atoms with Crippen molar-refractivity contribution < 1.29 is 9.53 Å². The molecule has 1 aliphatic heterocycles. The molecule has 1 saturated heterocycles. The maximum Gasteiger partial charge on any atom is 0.239 e. The van der Waals surface area contributed by atoms with E-state index in [1.54, 1.807) is 0 Å². The fourth-order valence-corrected chi connectivity index (χ4v) is 2.21. The second kappa shape index (κ2) is 7.48. The van der Waals surface area contributed by atoms with Crippen LogP contribution in [0.5, 0.6) is 0 Å². The molecule has 1 heterocycles. The number of ether oxygens (including phenoxy) is 1. The molecular formula is C14H21ClN2O2. The van der Waals surface area contributed by atoms with E-state index in [2.05, 4.69) is 0 Å². The van der Waals surface area contributed by atoms with E-state index < -0.39 is 6.04 Å². The summed E-state index contributed by atoms with van der Waals surface area (Å²) in [6.45, 7) is 3.86. The average Bonchev–Trinajstić information content (AvgIpc) is 2.39. The number of halogens is 1. The summed E-state index contributed by atoms with van der Waals surface area (Å²) in [4.78, 5) is 14.0. The van der Waals surface area contributed by atoms with Gasteiger partial charge in [-0.05, 0) is 18.9 Å². The highest BCUT2D eigenvalue weighted by atomic mass is 35.5. The Morgan fingerprint density at radius 2 is 2.16 bits per heavy atom. The van der Waals surface area contributed by atoms with Crippen LogP contribution in [0.3, 0.4) is 0 Å². The third-order valence-electron chi connectivity index (χ3n) is 3.17. The average molecular weight is 285 g/mol. The first-order valence-electron chi connectivity index (χ1n) is 6.36. The highest BCUT2D eigenvalue weighted by Crippen LogP contribution is 2.08. The summed E-state index contributed by atoms with van der Waals surface area (Å²) in [6.07, 6.45) is 0.692. The number of rotatable bonds is 3. The van der Waals surface area contributed by atoms with Gasteiger partial charge in [0.05, 0.1) is 18.8 Å². The van der Waals surface area contributed by atoms with E-state index >= 15 is 0 Å². The van der Waals surface area contributed by atoms with Gasteiger partial charge in [-0.15, -0.1) is 12.4 Å². The van der Waals surface area contributed by atoms with Crippen LogP contribution in [0.2, 0.25) is 0 Å². The van der Waals surface area contributed by atoms with E-state index in [0.717, 1.165) is 5.56 Å². The predicted octanol–water partition coefficient (Wildman–Crippen LogP) is 1.23. The third kappa shape index (κ3) is 4.49. The molecule has 2 N–H and O–H groups in total. The Labute approximate surface area is 120 Å². The zero-order valence-corrected chi connectivity index (χ0v) is 11.9. The monoisotopic (exact) mass is 284 g/mol. The quantitative estimate of drug-likeness (QED) is 0.908. The van der Waals surface area contributed by atoms with Crippen LogP contribution in [0.1, 0.15) is 12.5 Å². The molecule has 106 valence electrons. The van der Waals surface area contributed by atoms with Crippen molar-refractivity contribution >= 4 is 18.3 Å². The summed E-state index contributed by atoms with van der Waals surface area (Å²) in [7, 11) is 0. The summed E-state index contributed by atoms with van der Waals surface area (Å²) >= 11 is 0. The normalized spacial score (nSPS) is 20.5. The lowest BCUT2D eigenvalue weighted by atomic mass is 10.1. The van der Waals surface area contributed by atoms with Crippen molar-refractivity contribution in [3.8, 4) is 0 Å². The smallest absolute Gasteiger partial charge is 0.239 e. The molecule has 1 aliphatic rings. The maximum absolute atomic E-state index is 12.2. The SMILES string of the molecule is CC1CN(C(=O)C(N)Cc2ccccc2)CCO1.Cl. The van der Waals surface area contributed by atoms with E-state index in [0.29, 0.717) is 26.1 Å². The lowest BCUT2D eigenvalue weighted by Gasteiger charge is -2.32. The van der Waals surface area contributed by atoms with Crippen LogP contribution in [-0.4, -0.2) is 42.6 Å². The van der Waals surface area contributed by atoms with E-state index in [1.165, 1.54) is 0 Å². The fourth-order valence-electron chi connectivity index (χ4n) is 2.21. The summed E-state index contributed by atoms with van der Waals surface area (Å²) in [5.41, 5.74) is 7.09. The van der Waals surface area contributed by atoms with Crippen LogP contribution in [0, 0.1) is 0 Å². The topological polar surface area (TPSA) is 55.6 Å². The van der Waals surface area contributed by atoms with Crippen molar-refractivity contribution in [1.29, 1.82) is 0 Å². The van der Waals surface area contributed by atoms with Crippen molar-refractivity contribution in [1.82, 2.24) is 4.90 Å². The molecule has 0 spiro atoms. The number of hydrogen-bond acceptors (Lipinski definition) is 3. The van der Waals surface area contributed by atoms with E-state index in [4.69, 9.17) is 10.5 Å². The van der Waals surface area contributed by atoms with E-state index in [1.807, 2.05) is 42.2 Å². The van der Waals surface area contributed by atoms with Crippen LogP contribution in [-0.2, 0) is 16.0 Å². The predicted molar refractivity (Wildman–Crippen MR) is 77.4 cm³/mol. The van der Waals surface area contributed by atoms with E-state index in [9.17, 15) is 4.79 Å². The van der Waals surface area contributed by atoms with Gasteiger partial charge in [-0.3, -0.25) is 4.79 Å². The molecule has 1 aromatic rings. The van der Waals surface area contributed by atoms with Crippen molar-refractivity contribution in [2.75, 3.05) is 19.7 Å². The van der Waals surface area contributed by atoms with Crippen LogP contribution >= 0.6 is 12.4 Å². The van der Waals surface area contributed by atoms with Gasteiger partial charge in [0, 0.05) is 13.1 Å². The summed E-state index contributed by atoms with van der Waals surface area (Å²) in [5.74, 6) is 0.0222. The second-order valence-corrected chi connectivity index (χ2v) is 4.76. The number of morpholine rings is 1. The highest BCUT2D eigenvalue weighted by Gasteiger charge is 2.25. The van der Waals surface area contributed by atoms with Crippen LogP contribution in [0.15, 0.2) is 30.3 Å². The molecule has 1 amide bonds. The Bertz CT molecular complexity index is 400. The molecule has 1 aromatic carbocycles. The molecule has 0 aromatic heterocycles. The summed E-state index contributed by atoms with van der Waals surface area (Å²) < 4.78 is 5.42. The van der Waals surface area contributed by atoms with E-state index in [-0.39, 0.29) is 24.4 Å². The van der Waals surface area contributed by atoms with Gasteiger partial charge in [0.25, 0.3) is 0 Å². The lowest BCUT2D eigenvalue weighted by Crippen LogP contribution is -2.51. The van der Waals surface area contributed by atoms with Crippen LogP contribution < -0.4 is 5.73 Å². The van der Waals surface area contributed by atoms with Crippen LogP contribution in [0.25, 0.3) is 0 Å². The highest BCUT2D eigenvalue weighted by molar-refractivity contribution is 5.85. The molecule has 5 heteroatoms. The minimum Gasteiger partial charge on any atom is -0.375 e. The molecular weight excluding hydrogens is 264 g/mol. The molecule has 2 rings (SSSR count). The Morgan fingerprint density at radius 3 is 2.79 bits per heavy atom. The first kappa shape index (κ1) is 16.0. The Morgan fingerprint density at radius 1 is 1.47 bits per heavy atom. The van der Waals surface area contributed by atoms with Gasteiger partial charge in [-0.2, -0.15) is 0 Å².